The normalized spacial score (nSPS) is 20.9. The van der Waals surface area contributed by atoms with Gasteiger partial charge in [0.25, 0.3) is 0 Å². The van der Waals surface area contributed by atoms with Crippen molar-refractivity contribution >= 4 is 0 Å². The Hall–Kier alpha value is -1.11. The van der Waals surface area contributed by atoms with Gasteiger partial charge in [-0.3, -0.25) is 0 Å². The first-order valence-corrected chi connectivity index (χ1v) is 5.21. The van der Waals surface area contributed by atoms with Crippen molar-refractivity contribution in [3.05, 3.63) is 11.6 Å². The van der Waals surface area contributed by atoms with Gasteiger partial charge >= 0.3 is 6.18 Å². The third-order valence-corrected chi connectivity index (χ3v) is 2.89. The van der Waals surface area contributed by atoms with Crippen molar-refractivity contribution < 1.29 is 13.2 Å². The molecule has 1 aliphatic rings. The maximum Gasteiger partial charge on any atom is 0.451 e. The lowest BCUT2D eigenvalue weighted by molar-refractivity contribution is -0.147. The highest BCUT2D eigenvalue weighted by atomic mass is 19.4. The van der Waals surface area contributed by atoms with E-state index in [1.807, 2.05) is 0 Å². The summed E-state index contributed by atoms with van der Waals surface area (Å²) in [5.74, 6) is -0.117. The SMILES string of the molecule is NCCC1CCn2c(nnc2C(F)(F)F)C1. The summed E-state index contributed by atoms with van der Waals surface area (Å²) in [5.41, 5.74) is 5.43. The van der Waals surface area contributed by atoms with Gasteiger partial charge in [0.05, 0.1) is 0 Å². The summed E-state index contributed by atoms with van der Waals surface area (Å²) >= 11 is 0. The average molecular weight is 234 g/mol. The quantitative estimate of drug-likeness (QED) is 0.836. The van der Waals surface area contributed by atoms with E-state index in [4.69, 9.17) is 5.73 Å². The van der Waals surface area contributed by atoms with Gasteiger partial charge < -0.3 is 10.3 Å². The van der Waals surface area contributed by atoms with Crippen molar-refractivity contribution in [2.75, 3.05) is 6.54 Å². The van der Waals surface area contributed by atoms with E-state index in [9.17, 15) is 13.2 Å². The molecule has 1 atom stereocenters. The predicted molar refractivity (Wildman–Crippen MR) is 50.5 cm³/mol. The Bertz CT molecular complexity index is 371. The highest BCUT2D eigenvalue weighted by molar-refractivity contribution is 5.03. The summed E-state index contributed by atoms with van der Waals surface area (Å²) in [5, 5.41) is 6.83. The molecule has 0 bridgehead atoms. The number of alkyl halides is 3. The van der Waals surface area contributed by atoms with Crippen LogP contribution < -0.4 is 5.73 Å². The van der Waals surface area contributed by atoms with Gasteiger partial charge in [-0.25, -0.2) is 0 Å². The van der Waals surface area contributed by atoms with Crippen LogP contribution in [-0.4, -0.2) is 21.3 Å². The molecule has 1 aromatic rings. The molecule has 0 saturated carbocycles. The fourth-order valence-electron chi connectivity index (χ4n) is 2.09. The molecule has 2 N–H and O–H groups in total. The Morgan fingerprint density at radius 2 is 2.12 bits per heavy atom. The zero-order chi connectivity index (χ0) is 11.8. The Balaban J connectivity index is 2.20. The van der Waals surface area contributed by atoms with Crippen LogP contribution in [-0.2, 0) is 19.1 Å². The lowest BCUT2D eigenvalue weighted by Crippen LogP contribution is -2.25. The molecule has 16 heavy (non-hydrogen) atoms. The van der Waals surface area contributed by atoms with Gasteiger partial charge in [-0.15, -0.1) is 10.2 Å². The van der Waals surface area contributed by atoms with Crippen molar-refractivity contribution in [2.24, 2.45) is 11.7 Å². The monoisotopic (exact) mass is 234 g/mol. The second-order valence-corrected chi connectivity index (χ2v) is 4.03. The van der Waals surface area contributed by atoms with E-state index in [1.165, 1.54) is 4.57 Å². The Morgan fingerprint density at radius 3 is 2.75 bits per heavy atom. The Morgan fingerprint density at radius 1 is 1.38 bits per heavy atom. The summed E-state index contributed by atoms with van der Waals surface area (Å²) in [6.45, 7) is 0.896. The van der Waals surface area contributed by atoms with Crippen LogP contribution >= 0.6 is 0 Å². The van der Waals surface area contributed by atoms with Crippen molar-refractivity contribution in [3.63, 3.8) is 0 Å². The molecule has 7 heteroatoms. The highest BCUT2D eigenvalue weighted by Gasteiger charge is 2.39. The molecule has 4 nitrogen and oxygen atoms in total. The minimum atomic E-state index is -4.41. The minimum absolute atomic E-state index is 0.335. The molecule has 0 saturated heterocycles. The molecule has 0 aliphatic carbocycles. The molecule has 0 amide bonds. The average Bonchev–Trinajstić information content (AvgIpc) is 2.60. The third kappa shape index (κ3) is 2.04. The van der Waals surface area contributed by atoms with Crippen LogP contribution in [0.2, 0.25) is 0 Å². The van der Waals surface area contributed by atoms with Crippen LogP contribution in [0.4, 0.5) is 13.2 Å². The van der Waals surface area contributed by atoms with Crippen molar-refractivity contribution in [1.82, 2.24) is 14.8 Å². The van der Waals surface area contributed by atoms with Crippen LogP contribution in [0, 0.1) is 5.92 Å². The molecule has 0 aromatic carbocycles. The number of nitrogens with zero attached hydrogens (tertiary/aromatic N) is 3. The Labute approximate surface area is 90.6 Å². The second kappa shape index (κ2) is 4.04. The van der Waals surface area contributed by atoms with E-state index in [0.29, 0.717) is 37.7 Å². The second-order valence-electron chi connectivity index (χ2n) is 4.03. The molecule has 90 valence electrons. The molecule has 1 unspecified atom stereocenters. The summed E-state index contributed by atoms with van der Waals surface area (Å²) in [4.78, 5) is 0. The molecule has 0 radical (unpaired) electrons. The van der Waals surface area contributed by atoms with Gasteiger partial charge in [0, 0.05) is 13.0 Å². The van der Waals surface area contributed by atoms with E-state index in [1.54, 1.807) is 0 Å². The van der Waals surface area contributed by atoms with Crippen LogP contribution in [0.15, 0.2) is 0 Å². The van der Waals surface area contributed by atoms with E-state index in [0.717, 1.165) is 6.42 Å². The number of nitrogens with two attached hydrogens (primary N) is 1. The van der Waals surface area contributed by atoms with E-state index >= 15 is 0 Å². The van der Waals surface area contributed by atoms with Crippen LogP contribution in [0.5, 0.6) is 0 Å². The van der Waals surface area contributed by atoms with E-state index < -0.39 is 12.0 Å². The Kier molecular flexibility index (Phi) is 2.88. The number of hydrogen-bond donors (Lipinski definition) is 1. The molecule has 0 spiro atoms. The van der Waals surface area contributed by atoms with Crippen LogP contribution in [0.1, 0.15) is 24.5 Å². The maximum absolute atomic E-state index is 12.5. The first kappa shape index (κ1) is 11.4. The number of hydrogen-bond acceptors (Lipinski definition) is 3. The summed E-state index contributed by atoms with van der Waals surface area (Å²) in [7, 11) is 0. The van der Waals surface area contributed by atoms with Crippen molar-refractivity contribution in [1.29, 1.82) is 0 Å². The zero-order valence-electron chi connectivity index (χ0n) is 8.67. The maximum atomic E-state index is 12.5. The van der Waals surface area contributed by atoms with Gasteiger partial charge in [0.15, 0.2) is 0 Å². The first-order chi connectivity index (χ1) is 7.52. The first-order valence-electron chi connectivity index (χ1n) is 5.21. The number of fused-ring (bicyclic) bond motifs is 1. The van der Waals surface area contributed by atoms with Crippen molar-refractivity contribution in [2.45, 2.75) is 32.0 Å². The fraction of sp³-hybridized carbons (Fsp3) is 0.778. The van der Waals surface area contributed by atoms with Crippen molar-refractivity contribution in [3.8, 4) is 0 Å². The van der Waals surface area contributed by atoms with Gasteiger partial charge in [-0.1, -0.05) is 0 Å². The number of aromatic nitrogens is 3. The lowest BCUT2D eigenvalue weighted by Gasteiger charge is -2.23. The predicted octanol–water partition coefficient (Wildman–Crippen LogP) is 1.21. The molecule has 1 aliphatic heterocycles. The minimum Gasteiger partial charge on any atom is -0.330 e. The van der Waals surface area contributed by atoms with E-state index in [2.05, 4.69) is 10.2 Å². The largest absolute Gasteiger partial charge is 0.451 e. The summed E-state index contributed by atoms with van der Waals surface area (Å²) in [6.07, 6.45) is -2.33. The summed E-state index contributed by atoms with van der Waals surface area (Å²) < 4.78 is 38.7. The number of halogens is 3. The van der Waals surface area contributed by atoms with E-state index in [-0.39, 0.29) is 0 Å². The summed E-state index contributed by atoms with van der Waals surface area (Å²) in [6, 6.07) is 0. The highest BCUT2D eigenvalue weighted by Crippen LogP contribution is 2.31. The lowest BCUT2D eigenvalue weighted by atomic mass is 9.94. The standard InChI is InChI=1S/C9H13F3N4/c10-9(11,12)8-15-14-7-5-6(1-3-13)2-4-16(7)8/h6H,1-5,13H2. The molecular weight excluding hydrogens is 221 g/mol. The zero-order valence-corrected chi connectivity index (χ0v) is 8.67. The molecule has 2 rings (SSSR count). The molecule has 0 fully saturated rings. The number of rotatable bonds is 2. The van der Waals surface area contributed by atoms with Crippen LogP contribution in [0.3, 0.4) is 0 Å². The molecular formula is C9H13F3N4. The van der Waals surface area contributed by atoms with Gasteiger partial charge in [0.2, 0.25) is 5.82 Å². The van der Waals surface area contributed by atoms with Gasteiger partial charge in [-0.2, -0.15) is 13.2 Å². The smallest absolute Gasteiger partial charge is 0.330 e. The molecule has 1 aromatic heterocycles. The molecule has 2 heterocycles. The van der Waals surface area contributed by atoms with Crippen LogP contribution in [0.25, 0.3) is 0 Å². The van der Waals surface area contributed by atoms with Gasteiger partial charge in [-0.05, 0) is 25.3 Å². The third-order valence-electron chi connectivity index (χ3n) is 2.89. The fourth-order valence-corrected chi connectivity index (χ4v) is 2.09. The topological polar surface area (TPSA) is 56.7 Å². The van der Waals surface area contributed by atoms with Gasteiger partial charge in [0.1, 0.15) is 5.82 Å².